The van der Waals surface area contributed by atoms with E-state index in [4.69, 9.17) is 0 Å². The first-order valence-corrected chi connectivity index (χ1v) is 7.37. The van der Waals surface area contributed by atoms with Crippen LogP contribution >= 0.6 is 0 Å². The van der Waals surface area contributed by atoms with Gasteiger partial charge in [-0.1, -0.05) is 24.6 Å². The Morgan fingerprint density at radius 1 is 1.40 bits per heavy atom. The quantitative estimate of drug-likeness (QED) is 0.896. The lowest BCUT2D eigenvalue weighted by Gasteiger charge is -2.26. The van der Waals surface area contributed by atoms with Crippen molar-refractivity contribution >= 4 is 5.91 Å². The first-order chi connectivity index (χ1) is 9.66. The number of piperidine rings is 1. The summed E-state index contributed by atoms with van der Waals surface area (Å²) >= 11 is 0. The highest BCUT2D eigenvalue weighted by Crippen LogP contribution is 2.12. The number of hydrogen-bond acceptors (Lipinski definition) is 2. The predicted molar refractivity (Wildman–Crippen MR) is 78.0 cm³/mol. The van der Waals surface area contributed by atoms with Crippen molar-refractivity contribution in [2.75, 3.05) is 20.1 Å². The molecule has 0 bridgehead atoms. The summed E-state index contributed by atoms with van der Waals surface area (Å²) in [5, 5.41) is 3.47. The highest BCUT2D eigenvalue weighted by Gasteiger charge is 2.16. The summed E-state index contributed by atoms with van der Waals surface area (Å²) in [5.41, 5.74) is 0.472. The van der Waals surface area contributed by atoms with Crippen LogP contribution in [-0.4, -0.2) is 37.0 Å². The lowest BCUT2D eigenvalue weighted by atomic mass is 10.0. The van der Waals surface area contributed by atoms with Crippen LogP contribution in [0.15, 0.2) is 24.3 Å². The monoisotopic (exact) mass is 278 g/mol. The number of carbonyl (C=O) groups is 1. The Labute approximate surface area is 120 Å². The maximum Gasteiger partial charge on any atom is 0.226 e. The predicted octanol–water partition coefficient (Wildman–Crippen LogP) is 2.36. The minimum atomic E-state index is -0.303. The maximum atomic E-state index is 13.5. The topological polar surface area (TPSA) is 32.3 Å². The van der Waals surface area contributed by atoms with Gasteiger partial charge in [0.25, 0.3) is 0 Å². The zero-order chi connectivity index (χ0) is 14.4. The largest absolute Gasteiger partial charge is 0.345 e. The van der Waals surface area contributed by atoms with E-state index in [2.05, 4.69) is 5.32 Å². The van der Waals surface area contributed by atoms with Crippen LogP contribution < -0.4 is 5.32 Å². The normalized spacial score (nSPS) is 18.8. The van der Waals surface area contributed by atoms with Gasteiger partial charge < -0.3 is 10.2 Å². The number of rotatable bonds is 5. The Hall–Kier alpha value is -1.42. The first kappa shape index (κ1) is 15.0. The Morgan fingerprint density at radius 2 is 2.20 bits per heavy atom. The molecule has 1 atom stereocenters. The molecule has 1 unspecified atom stereocenters. The molecular formula is C16H23FN2O. The van der Waals surface area contributed by atoms with E-state index in [-0.39, 0.29) is 18.1 Å². The van der Waals surface area contributed by atoms with Crippen LogP contribution in [-0.2, 0) is 11.2 Å². The fraction of sp³-hybridized carbons (Fsp3) is 0.562. The molecule has 20 heavy (non-hydrogen) atoms. The lowest BCUT2D eigenvalue weighted by molar-refractivity contribution is -0.129. The molecule has 0 aliphatic carbocycles. The van der Waals surface area contributed by atoms with Gasteiger partial charge in [-0.3, -0.25) is 4.79 Å². The van der Waals surface area contributed by atoms with E-state index >= 15 is 0 Å². The molecular weight excluding hydrogens is 255 g/mol. The Morgan fingerprint density at radius 3 is 2.90 bits per heavy atom. The molecule has 0 spiro atoms. The minimum absolute atomic E-state index is 0.0223. The second-order valence-corrected chi connectivity index (χ2v) is 5.52. The van der Waals surface area contributed by atoms with E-state index in [0.717, 1.165) is 19.5 Å². The number of nitrogens with zero attached hydrogens (tertiary/aromatic N) is 1. The van der Waals surface area contributed by atoms with Crippen LogP contribution in [0.4, 0.5) is 4.39 Å². The molecule has 1 fully saturated rings. The van der Waals surface area contributed by atoms with Crippen LogP contribution in [0.3, 0.4) is 0 Å². The van der Waals surface area contributed by atoms with E-state index < -0.39 is 0 Å². The molecule has 1 amide bonds. The van der Waals surface area contributed by atoms with Crippen molar-refractivity contribution in [1.29, 1.82) is 0 Å². The van der Waals surface area contributed by atoms with Gasteiger partial charge in [0.05, 0.1) is 6.42 Å². The van der Waals surface area contributed by atoms with Crippen molar-refractivity contribution in [3.8, 4) is 0 Å². The molecule has 1 aliphatic heterocycles. The number of benzene rings is 1. The average Bonchev–Trinajstić information content (AvgIpc) is 2.48. The second kappa shape index (κ2) is 7.39. The van der Waals surface area contributed by atoms with Crippen molar-refractivity contribution in [1.82, 2.24) is 10.2 Å². The van der Waals surface area contributed by atoms with E-state index in [1.165, 1.54) is 25.3 Å². The first-order valence-electron chi connectivity index (χ1n) is 7.37. The van der Waals surface area contributed by atoms with Crippen molar-refractivity contribution in [2.24, 2.45) is 0 Å². The number of nitrogens with one attached hydrogen (secondary N) is 1. The lowest BCUT2D eigenvalue weighted by Crippen LogP contribution is -2.38. The smallest absolute Gasteiger partial charge is 0.226 e. The molecule has 0 saturated carbocycles. The third-order valence-electron chi connectivity index (χ3n) is 3.95. The number of halogens is 1. The van der Waals surface area contributed by atoms with Crippen molar-refractivity contribution in [2.45, 2.75) is 38.1 Å². The van der Waals surface area contributed by atoms with Gasteiger partial charge in [-0.2, -0.15) is 0 Å². The fourth-order valence-corrected chi connectivity index (χ4v) is 2.58. The molecule has 4 heteroatoms. The summed E-state index contributed by atoms with van der Waals surface area (Å²) in [6.45, 7) is 1.81. The summed E-state index contributed by atoms with van der Waals surface area (Å²) in [6.07, 6.45) is 4.82. The molecule has 2 rings (SSSR count). The van der Waals surface area contributed by atoms with Crippen LogP contribution in [0.5, 0.6) is 0 Å². The van der Waals surface area contributed by atoms with Crippen molar-refractivity contribution in [3.05, 3.63) is 35.6 Å². The van der Waals surface area contributed by atoms with E-state index in [9.17, 15) is 9.18 Å². The summed E-state index contributed by atoms with van der Waals surface area (Å²) in [5.74, 6) is -0.325. The van der Waals surface area contributed by atoms with Gasteiger partial charge >= 0.3 is 0 Å². The van der Waals surface area contributed by atoms with Gasteiger partial charge in [0, 0.05) is 19.6 Å². The zero-order valence-corrected chi connectivity index (χ0v) is 12.1. The van der Waals surface area contributed by atoms with Gasteiger partial charge in [-0.15, -0.1) is 0 Å². The van der Waals surface area contributed by atoms with Gasteiger partial charge in [0.15, 0.2) is 0 Å². The minimum Gasteiger partial charge on any atom is -0.345 e. The van der Waals surface area contributed by atoms with Crippen LogP contribution in [0.2, 0.25) is 0 Å². The zero-order valence-electron chi connectivity index (χ0n) is 12.1. The van der Waals surface area contributed by atoms with Crippen molar-refractivity contribution < 1.29 is 9.18 Å². The molecule has 0 radical (unpaired) electrons. The molecule has 1 aromatic carbocycles. The summed E-state index contributed by atoms with van der Waals surface area (Å²) in [4.78, 5) is 13.8. The van der Waals surface area contributed by atoms with E-state index in [0.29, 0.717) is 11.6 Å². The Balaban J connectivity index is 1.78. The van der Waals surface area contributed by atoms with Crippen LogP contribution in [0.1, 0.15) is 31.2 Å². The average molecular weight is 278 g/mol. The molecule has 1 saturated heterocycles. The molecule has 0 aromatic heterocycles. The molecule has 110 valence electrons. The standard InChI is InChI=1S/C16H23FN2O/c1-19(11-9-14-7-4-5-10-18-14)16(20)12-13-6-2-3-8-15(13)17/h2-3,6,8,14,18H,4-5,7,9-12H2,1H3. The van der Waals surface area contributed by atoms with Crippen molar-refractivity contribution in [3.63, 3.8) is 0 Å². The van der Waals surface area contributed by atoms with E-state index in [1.807, 2.05) is 0 Å². The summed E-state index contributed by atoms with van der Waals surface area (Å²) in [7, 11) is 1.80. The maximum absolute atomic E-state index is 13.5. The third-order valence-corrected chi connectivity index (χ3v) is 3.95. The highest BCUT2D eigenvalue weighted by atomic mass is 19.1. The number of hydrogen-bond donors (Lipinski definition) is 1. The fourth-order valence-electron chi connectivity index (χ4n) is 2.58. The SMILES string of the molecule is CN(CCC1CCCCN1)C(=O)Cc1ccccc1F. The van der Waals surface area contributed by atoms with Gasteiger partial charge in [-0.05, 0) is 37.4 Å². The Kier molecular flexibility index (Phi) is 5.53. The second-order valence-electron chi connectivity index (χ2n) is 5.52. The summed E-state index contributed by atoms with van der Waals surface area (Å²) in [6, 6.07) is 6.99. The molecule has 1 aliphatic rings. The molecule has 1 aromatic rings. The van der Waals surface area contributed by atoms with Crippen LogP contribution in [0.25, 0.3) is 0 Å². The third kappa shape index (κ3) is 4.30. The molecule has 1 heterocycles. The van der Waals surface area contributed by atoms with Crippen LogP contribution in [0, 0.1) is 5.82 Å². The van der Waals surface area contributed by atoms with Gasteiger partial charge in [-0.25, -0.2) is 4.39 Å². The Bertz CT molecular complexity index is 444. The molecule has 3 nitrogen and oxygen atoms in total. The van der Waals surface area contributed by atoms with E-state index in [1.54, 1.807) is 30.1 Å². The number of likely N-dealkylation sites (N-methyl/N-ethyl adjacent to an activating group) is 1. The number of carbonyl (C=O) groups excluding carboxylic acids is 1. The van der Waals surface area contributed by atoms with Gasteiger partial charge in [0.2, 0.25) is 5.91 Å². The molecule has 1 N–H and O–H groups in total. The summed E-state index contributed by atoms with van der Waals surface area (Å²) < 4.78 is 13.5. The number of amides is 1. The highest BCUT2D eigenvalue weighted by molar-refractivity contribution is 5.78. The van der Waals surface area contributed by atoms with Gasteiger partial charge in [0.1, 0.15) is 5.82 Å².